The van der Waals surface area contributed by atoms with Crippen molar-refractivity contribution in [2.24, 2.45) is 7.05 Å². The molecule has 0 saturated carbocycles. The van der Waals surface area contributed by atoms with Crippen molar-refractivity contribution in [1.29, 1.82) is 0 Å². The molecule has 0 fully saturated rings. The lowest BCUT2D eigenvalue weighted by molar-refractivity contribution is 0.593. The van der Waals surface area contributed by atoms with Gasteiger partial charge in [0.15, 0.2) is 0 Å². The second-order valence-electron chi connectivity index (χ2n) is 4.37. The summed E-state index contributed by atoms with van der Waals surface area (Å²) >= 11 is 0. The average Bonchev–Trinajstić information content (AvgIpc) is 2.63. The third kappa shape index (κ3) is 2.31. The van der Waals surface area contributed by atoms with Gasteiger partial charge < -0.3 is 9.88 Å². The Balaban J connectivity index is 2.37. The van der Waals surface area contributed by atoms with Gasteiger partial charge in [0.2, 0.25) is 0 Å². The molecule has 2 rings (SSSR count). The van der Waals surface area contributed by atoms with Crippen LogP contribution in [0.2, 0.25) is 0 Å². The van der Waals surface area contributed by atoms with E-state index in [4.69, 9.17) is 0 Å². The minimum atomic E-state index is -0.235. The molecule has 17 heavy (non-hydrogen) atoms. The second-order valence-corrected chi connectivity index (χ2v) is 4.37. The van der Waals surface area contributed by atoms with Crippen LogP contribution in [0.5, 0.6) is 0 Å². The van der Waals surface area contributed by atoms with Gasteiger partial charge in [-0.25, -0.2) is 9.37 Å². The normalized spacial score (nSPS) is 13.2. The number of nitrogens with zero attached hydrogens (tertiary/aromatic N) is 2. The molecule has 92 valence electrons. The van der Waals surface area contributed by atoms with Gasteiger partial charge >= 0.3 is 0 Å². The molecule has 3 nitrogen and oxygen atoms in total. The minimum absolute atomic E-state index is 0.235. The highest BCUT2D eigenvalue weighted by atomic mass is 19.1. The molecule has 1 aromatic heterocycles. The van der Waals surface area contributed by atoms with E-state index in [1.54, 1.807) is 6.07 Å². The second kappa shape index (κ2) is 4.84. The molecule has 4 heteroatoms. The summed E-state index contributed by atoms with van der Waals surface area (Å²) in [6.45, 7) is 6.04. The van der Waals surface area contributed by atoms with Crippen molar-refractivity contribution in [1.82, 2.24) is 14.9 Å². The summed E-state index contributed by atoms with van der Waals surface area (Å²) in [7, 11) is 1.98. The number of benzene rings is 1. The molecule has 0 aliphatic heterocycles. The van der Waals surface area contributed by atoms with Crippen molar-refractivity contribution in [2.45, 2.75) is 19.8 Å². The Bertz CT molecular complexity index is 519. The van der Waals surface area contributed by atoms with E-state index in [2.05, 4.69) is 24.1 Å². The van der Waals surface area contributed by atoms with Crippen molar-refractivity contribution in [3.05, 3.63) is 29.8 Å². The first kappa shape index (κ1) is 12.0. The highest BCUT2D eigenvalue weighted by molar-refractivity contribution is 5.76. The molecule has 1 N–H and O–H groups in total. The summed E-state index contributed by atoms with van der Waals surface area (Å²) in [6, 6.07) is 4.74. The SMILES string of the molecule is CCNCC(C)c1nc2cc(F)ccc2n1C. The maximum absolute atomic E-state index is 13.1. The van der Waals surface area contributed by atoms with Crippen molar-refractivity contribution in [3.8, 4) is 0 Å². The first-order valence-electron chi connectivity index (χ1n) is 5.96. The van der Waals surface area contributed by atoms with E-state index in [0.29, 0.717) is 5.92 Å². The number of imidazole rings is 1. The number of halogens is 1. The van der Waals surface area contributed by atoms with Gasteiger partial charge in [-0.3, -0.25) is 0 Å². The maximum atomic E-state index is 13.1. The number of rotatable bonds is 4. The van der Waals surface area contributed by atoms with E-state index in [9.17, 15) is 4.39 Å². The molecule has 0 aliphatic rings. The number of aryl methyl sites for hydroxylation is 1. The quantitative estimate of drug-likeness (QED) is 0.882. The fourth-order valence-electron chi connectivity index (χ4n) is 2.08. The summed E-state index contributed by atoms with van der Waals surface area (Å²) in [4.78, 5) is 4.51. The van der Waals surface area contributed by atoms with Gasteiger partial charge in [0.25, 0.3) is 0 Å². The number of hydrogen-bond donors (Lipinski definition) is 1. The Morgan fingerprint density at radius 1 is 1.47 bits per heavy atom. The zero-order chi connectivity index (χ0) is 12.4. The standard InChI is InChI=1S/C13H18FN3/c1-4-15-8-9(2)13-16-11-7-10(14)5-6-12(11)17(13)3/h5-7,9,15H,4,8H2,1-3H3. The first-order valence-corrected chi connectivity index (χ1v) is 5.96. The van der Waals surface area contributed by atoms with Gasteiger partial charge in [0.05, 0.1) is 11.0 Å². The summed E-state index contributed by atoms with van der Waals surface area (Å²) in [5, 5.41) is 3.30. The van der Waals surface area contributed by atoms with Crippen molar-refractivity contribution in [2.75, 3.05) is 13.1 Å². The number of hydrogen-bond acceptors (Lipinski definition) is 2. The van der Waals surface area contributed by atoms with E-state index in [0.717, 1.165) is 29.9 Å². The third-order valence-corrected chi connectivity index (χ3v) is 3.02. The van der Waals surface area contributed by atoms with Gasteiger partial charge in [-0.15, -0.1) is 0 Å². The summed E-state index contributed by atoms with van der Waals surface area (Å²) in [5.41, 5.74) is 1.70. The highest BCUT2D eigenvalue weighted by Crippen LogP contribution is 2.21. The zero-order valence-corrected chi connectivity index (χ0v) is 10.5. The molecule has 1 aromatic carbocycles. The third-order valence-electron chi connectivity index (χ3n) is 3.02. The van der Waals surface area contributed by atoms with E-state index in [-0.39, 0.29) is 5.82 Å². The van der Waals surface area contributed by atoms with Crippen LogP contribution in [0.25, 0.3) is 11.0 Å². The number of nitrogens with one attached hydrogen (secondary N) is 1. The van der Waals surface area contributed by atoms with Crippen LogP contribution in [0.15, 0.2) is 18.2 Å². The lowest BCUT2D eigenvalue weighted by Crippen LogP contribution is -2.21. The molecule has 1 atom stereocenters. The fourth-order valence-corrected chi connectivity index (χ4v) is 2.08. The maximum Gasteiger partial charge on any atom is 0.125 e. The van der Waals surface area contributed by atoms with Gasteiger partial charge in [-0.05, 0) is 18.7 Å². The Hall–Kier alpha value is -1.42. The molecule has 1 unspecified atom stereocenters. The van der Waals surface area contributed by atoms with E-state index in [1.807, 2.05) is 11.6 Å². The van der Waals surface area contributed by atoms with Gasteiger partial charge in [0.1, 0.15) is 11.6 Å². The lowest BCUT2D eigenvalue weighted by Gasteiger charge is -2.11. The Labute approximate surface area is 101 Å². The van der Waals surface area contributed by atoms with Crippen LogP contribution >= 0.6 is 0 Å². The van der Waals surface area contributed by atoms with Crippen LogP contribution in [0.1, 0.15) is 25.6 Å². The van der Waals surface area contributed by atoms with Crippen LogP contribution in [0, 0.1) is 5.82 Å². The monoisotopic (exact) mass is 235 g/mol. The van der Waals surface area contributed by atoms with Crippen LogP contribution in [-0.2, 0) is 7.05 Å². The fraction of sp³-hybridized carbons (Fsp3) is 0.462. The first-order chi connectivity index (χ1) is 8.13. The van der Waals surface area contributed by atoms with Gasteiger partial charge in [0, 0.05) is 25.6 Å². The smallest absolute Gasteiger partial charge is 0.125 e. The highest BCUT2D eigenvalue weighted by Gasteiger charge is 2.14. The molecule has 0 spiro atoms. The average molecular weight is 235 g/mol. The van der Waals surface area contributed by atoms with Crippen LogP contribution in [0.4, 0.5) is 4.39 Å². The van der Waals surface area contributed by atoms with Crippen LogP contribution in [-0.4, -0.2) is 22.6 Å². The van der Waals surface area contributed by atoms with Crippen molar-refractivity contribution >= 4 is 11.0 Å². The molecular formula is C13H18FN3. The van der Waals surface area contributed by atoms with Crippen LogP contribution in [0.3, 0.4) is 0 Å². The predicted octanol–water partition coefficient (Wildman–Crippen LogP) is 2.43. The summed E-state index contributed by atoms with van der Waals surface area (Å²) in [5.74, 6) is 1.07. The van der Waals surface area contributed by atoms with Crippen molar-refractivity contribution in [3.63, 3.8) is 0 Å². The van der Waals surface area contributed by atoms with E-state index >= 15 is 0 Å². The van der Waals surface area contributed by atoms with Crippen molar-refractivity contribution < 1.29 is 4.39 Å². The molecule has 0 saturated heterocycles. The number of aromatic nitrogens is 2. The minimum Gasteiger partial charge on any atom is -0.331 e. The molecule has 1 heterocycles. The lowest BCUT2D eigenvalue weighted by atomic mass is 10.1. The molecular weight excluding hydrogens is 217 g/mol. The Morgan fingerprint density at radius 2 is 2.24 bits per heavy atom. The summed E-state index contributed by atoms with van der Waals surface area (Å²) in [6.07, 6.45) is 0. The topological polar surface area (TPSA) is 29.9 Å². The predicted molar refractivity (Wildman–Crippen MR) is 67.6 cm³/mol. The number of likely N-dealkylation sites (N-methyl/N-ethyl adjacent to an activating group) is 1. The zero-order valence-electron chi connectivity index (χ0n) is 10.5. The van der Waals surface area contributed by atoms with E-state index < -0.39 is 0 Å². The Morgan fingerprint density at radius 3 is 2.94 bits per heavy atom. The molecule has 2 aromatic rings. The Kier molecular flexibility index (Phi) is 3.43. The molecule has 0 aliphatic carbocycles. The molecule has 0 radical (unpaired) electrons. The van der Waals surface area contributed by atoms with Gasteiger partial charge in [-0.1, -0.05) is 13.8 Å². The number of fused-ring (bicyclic) bond motifs is 1. The summed E-state index contributed by atoms with van der Waals surface area (Å²) < 4.78 is 15.2. The van der Waals surface area contributed by atoms with Gasteiger partial charge in [-0.2, -0.15) is 0 Å². The molecule has 0 amide bonds. The molecule has 0 bridgehead atoms. The van der Waals surface area contributed by atoms with E-state index in [1.165, 1.54) is 12.1 Å². The largest absolute Gasteiger partial charge is 0.331 e. The van der Waals surface area contributed by atoms with Crippen LogP contribution < -0.4 is 5.32 Å².